The molecule has 8 nitrogen and oxygen atoms in total. The summed E-state index contributed by atoms with van der Waals surface area (Å²) < 4.78 is 32.0. The molecule has 0 bridgehead atoms. The number of benzene rings is 1. The van der Waals surface area contributed by atoms with E-state index >= 15 is 0 Å². The Morgan fingerprint density at radius 2 is 1.97 bits per heavy atom. The highest BCUT2D eigenvalue weighted by Gasteiger charge is 2.26. The first kappa shape index (κ1) is 22.2. The standard InChI is InChI=1S/C20H22N4O4S3/c1-2-15-11-17-19(21-13-22-20(17)30-15)29-12-18(25)23-14-3-5-16(6-4-14)31(26,27)24-7-9-28-10-8-24/h3-6,11,13H,2,7-10,12H2,1H3,(H,23,25). The molecular formula is C20H22N4O4S3. The van der Waals surface area contributed by atoms with Crippen molar-refractivity contribution in [1.29, 1.82) is 0 Å². The molecule has 1 aliphatic rings. The topological polar surface area (TPSA) is 101 Å². The SMILES string of the molecule is CCc1cc2c(SCC(=O)Nc3ccc(S(=O)(=O)N4CCOCC4)cc3)ncnc2s1. The van der Waals surface area contributed by atoms with Gasteiger partial charge in [0.25, 0.3) is 0 Å². The van der Waals surface area contributed by atoms with Crippen LogP contribution in [-0.2, 0) is 26.0 Å². The monoisotopic (exact) mass is 478 g/mol. The number of hydrogen-bond acceptors (Lipinski definition) is 8. The predicted molar refractivity (Wildman–Crippen MR) is 122 cm³/mol. The molecule has 1 aliphatic heterocycles. The van der Waals surface area contributed by atoms with E-state index in [1.165, 1.54) is 39.4 Å². The van der Waals surface area contributed by atoms with Crippen LogP contribution in [0.4, 0.5) is 5.69 Å². The minimum absolute atomic E-state index is 0.188. The Morgan fingerprint density at radius 1 is 1.23 bits per heavy atom. The number of carbonyl (C=O) groups is 1. The number of thioether (sulfide) groups is 1. The van der Waals surface area contributed by atoms with Gasteiger partial charge in [0.05, 0.1) is 23.9 Å². The molecule has 0 spiro atoms. The third kappa shape index (κ3) is 5.07. The zero-order chi connectivity index (χ0) is 21.8. The minimum atomic E-state index is -3.55. The van der Waals surface area contributed by atoms with Gasteiger partial charge in [0.2, 0.25) is 15.9 Å². The summed E-state index contributed by atoms with van der Waals surface area (Å²) in [4.78, 5) is 23.4. The number of nitrogens with zero attached hydrogens (tertiary/aromatic N) is 3. The number of hydrogen-bond donors (Lipinski definition) is 1. The van der Waals surface area contributed by atoms with E-state index in [1.807, 2.05) is 0 Å². The van der Waals surface area contributed by atoms with Crippen LogP contribution in [0.15, 0.2) is 46.6 Å². The number of sulfonamides is 1. The summed E-state index contributed by atoms with van der Waals surface area (Å²) in [5.74, 6) is 0.00328. The molecule has 31 heavy (non-hydrogen) atoms. The molecule has 2 aromatic heterocycles. The van der Waals surface area contributed by atoms with Crippen LogP contribution in [0, 0.1) is 0 Å². The van der Waals surface area contributed by atoms with Crippen molar-refractivity contribution in [2.45, 2.75) is 23.3 Å². The van der Waals surface area contributed by atoms with Crippen LogP contribution in [0.25, 0.3) is 10.2 Å². The predicted octanol–water partition coefficient (Wildman–Crippen LogP) is 3.01. The Labute approximate surface area is 189 Å². The molecule has 1 N–H and O–H groups in total. The molecule has 0 aliphatic carbocycles. The molecule has 1 saturated heterocycles. The average Bonchev–Trinajstić information content (AvgIpc) is 3.23. The number of anilines is 1. The van der Waals surface area contributed by atoms with E-state index in [0.29, 0.717) is 32.0 Å². The van der Waals surface area contributed by atoms with Gasteiger partial charge in [0.15, 0.2) is 0 Å². The highest BCUT2D eigenvalue weighted by Crippen LogP contribution is 2.31. The van der Waals surface area contributed by atoms with E-state index in [9.17, 15) is 13.2 Å². The summed E-state index contributed by atoms with van der Waals surface area (Å²) in [6.07, 6.45) is 2.45. The van der Waals surface area contributed by atoms with Crippen molar-refractivity contribution >= 4 is 54.9 Å². The van der Waals surface area contributed by atoms with E-state index in [4.69, 9.17) is 4.74 Å². The van der Waals surface area contributed by atoms with Crippen LogP contribution < -0.4 is 5.32 Å². The third-order valence-corrected chi connectivity index (χ3v) is 8.88. The summed E-state index contributed by atoms with van der Waals surface area (Å²) in [7, 11) is -3.55. The Bertz CT molecular complexity index is 1170. The number of amides is 1. The van der Waals surface area contributed by atoms with Gasteiger partial charge < -0.3 is 10.1 Å². The molecule has 4 rings (SSSR count). The molecule has 0 unspecified atom stereocenters. The maximum Gasteiger partial charge on any atom is 0.243 e. The van der Waals surface area contributed by atoms with Gasteiger partial charge in [-0.25, -0.2) is 18.4 Å². The van der Waals surface area contributed by atoms with E-state index in [1.54, 1.807) is 23.5 Å². The zero-order valence-corrected chi connectivity index (χ0v) is 19.4. The van der Waals surface area contributed by atoms with Gasteiger partial charge in [-0.2, -0.15) is 4.31 Å². The summed E-state index contributed by atoms with van der Waals surface area (Å²) in [6.45, 7) is 3.58. The normalized spacial score (nSPS) is 15.3. The average molecular weight is 479 g/mol. The Kier molecular flexibility index (Phi) is 6.87. The smallest absolute Gasteiger partial charge is 0.243 e. The number of carbonyl (C=O) groups excluding carboxylic acids is 1. The van der Waals surface area contributed by atoms with Crippen LogP contribution in [0.1, 0.15) is 11.8 Å². The molecule has 1 fully saturated rings. The van der Waals surface area contributed by atoms with Crippen LogP contribution in [0.3, 0.4) is 0 Å². The number of aryl methyl sites for hydroxylation is 1. The third-order valence-electron chi connectivity index (χ3n) is 4.78. The van der Waals surface area contributed by atoms with Crippen molar-refractivity contribution in [2.24, 2.45) is 0 Å². The molecule has 0 radical (unpaired) electrons. The first-order valence-electron chi connectivity index (χ1n) is 9.81. The molecule has 1 amide bonds. The van der Waals surface area contributed by atoms with E-state index in [-0.39, 0.29) is 16.6 Å². The van der Waals surface area contributed by atoms with Gasteiger partial charge in [-0.05, 0) is 36.8 Å². The first-order chi connectivity index (χ1) is 15.0. The molecular weight excluding hydrogens is 456 g/mol. The van der Waals surface area contributed by atoms with E-state index in [2.05, 4.69) is 28.3 Å². The second kappa shape index (κ2) is 9.61. The van der Waals surface area contributed by atoms with Crippen molar-refractivity contribution in [1.82, 2.24) is 14.3 Å². The number of fused-ring (bicyclic) bond motifs is 1. The second-order valence-corrected chi connectivity index (χ2v) is 10.9. The van der Waals surface area contributed by atoms with Gasteiger partial charge in [-0.1, -0.05) is 18.7 Å². The lowest BCUT2D eigenvalue weighted by Crippen LogP contribution is -2.40. The Morgan fingerprint density at radius 3 is 2.68 bits per heavy atom. The van der Waals surface area contributed by atoms with Gasteiger partial charge in [-0.3, -0.25) is 4.79 Å². The molecule has 0 atom stereocenters. The lowest BCUT2D eigenvalue weighted by molar-refractivity contribution is -0.113. The molecule has 3 heterocycles. The molecule has 3 aromatic rings. The number of nitrogens with one attached hydrogen (secondary N) is 1. The number of aromatic nitrogens is 2. The molecule has 164 valence electrons. The van der Waals surface area contributed by atoms with Gasteiger partial charge >= 0.3 is 0 Å². The highest BCUT2D eigenvalue weighted by molar-refractivity contribution is 8.00. The molecule has 1 aromatic carbocycles. The summed E-state index contributed by atoms with van der Waals surface area (Å²) in [6, 6.07) is 8.31. The Balaban J connectivity index is 1.37. The van der Waals surface area contributed by atoms with Crippen molar-refractivity contribution in [3.05, 3.63) is 41.5 Å². The maximum absolute atomic E-state index is 12.7. The second-order valence-electron chi connectivity index (χ2n) is 6.84. The van der Waals surface area contributed by atoms with Crippen LogP contribution in [0.5, 0.6) is 0 Å². The first-order valence-corrected chi connectivity index (χ1v) is 13.1. The lowest BCUT2D eigenvalue weighted by Gasteiger charge is -2.26. The van der Waals surface area contributed by atoms with E-state index < -0.39 is 10.0 Å². The largest absolute Gasteiger partial charge is 0.379 e. The van der Waals surface area contributed by atoms with Crippen molar-refractivity contribution < 1.29 is 17.9 Å². The number of ether oxygens (including phenoxy) is 1. The van der Waals surface area contributed by atoms with Crippen LogP contribution >= 0.6 is 23.1 Å². The molecule has 0 saturated carbocycles. The summed E-state index contributed by atoms with van der Waals surface area (Å²) in [5, 5.41) is 4.56. The fourth-order valence-corrected chi connectivity index (χ4v) is 6.33. The minimum Gasteiger partial charge on any atom is -0.379 e. The van der Waals surface area contributed by atoms with Crippen molar-refractivity contribution in [3.63, 3.8) is 0 Å². The summed E-state index contributed by atoms with van der Waals surface area (Å²) in [5.41, 5.74) is 0.545. The highest BCUT2D eigenvalue weighted by atomic mass is 32.2. The maximum atomic E-state index is 12.7. The van der Waals surface area contributed by atoms with Crippen LogP contribution in [0.2, 0.25) is 0 Å². The summed E-state index contributed by atoms with van der Waals surface area (Å²) >= 11 is 2.99. The van der Waals surface area contributed by atoms with Crippen molar-refractivity contribution in [3.8, 4) is 0 Å². The number of morpholine rings is 1. The van der Waals surface area contributed by atoms with Gasteiger partial charge in [0.1, 0.15) is 16.2 Å². The van der Waals surface area contributed by atoms with Gasteiger partial charge in [-0.15, -0.1) is 11.3 Å². The zero-order valence-electron chi connectivity index (χ0n) is 16.9. The van der Waals surface area contributed by atoms with E-state index in [0.717, 1.165) is 21.7 Å². The molecule has 11 heteroatoms. The lowest BCUT2D eigenvalue weighted by atomic mass is 10.3. The fraction of sp³-hybridized carbons (Fsp3) is 0.350. The van der Waals surface area contributed by atoms with Crippen LogP contribution in [-0.4, -0.2) is 60.7 Å². The quantitative estimate of drug-likeness (QED) is 0.411. The van der Waals surface area contributed by atoms with Crippen molar-refractivity contribution in [2.75, 3.05) is 37.4 Å². The Hall–Kier alpha value is -2.05. The van der Waals surface area contributed by atoms with Gasteiger partial charge in [0, 0.05) is 29.0 Å². The number of thiophene rings is 1. The fourth-order valence-electron chi connectivity index (χ4n) is 3.15. The number of rotatable bonds is 7.